The highest BCUT2D eigenvalue weighted by molar-refractivity contribution is 5.20. The molecule has 1 fully saturated rings. The number of rotatable bonds is 5. The lowest BCUT2D eigenvalue weighted by molar-refractivity contribution is 0.101. The summed E-state index contributed by atoms with van der Waals surface area (Å²) in [5.74, 6) is 0.497. The van der Waals surface area contributed by atoms with Gasteiger partial charge >= 0.3 is 0 Å². The third-order valence-electron chi connectivity index (χ3n) is 4.84. The third kappa shape index (κ3) is 3.60. The van der Waals surface area contributed by atoms with Crippen molar-refractivity contribution in [2.45, 2.75) is 37.8 Å². The van der Waals surface area contributed by atoms with Gasteiger partial charge in [-0.2, -0.15) is 0 Å². The molecule has 1 aromatic rings. The van der Waals surface area contributed by atoms with E-state index in [4.69, 9.17) is 5.73 Å². The first-order valence-corrected chi connectivity index (χ1v) is 7.79. The summed E-state index contributed by atoms with van der Waals surface area (Å²) in [6.45, 7) is 5.39. The van der Waals surface area contributed by atoms with Crippen molar-refractivity contribution in [2.75, 3.05) is 33.7 Å². The van der Waals surface area contributed by atoms with E-state index in [1.54, 1.807) is 0 Å². The lowest BCUT2D eigenvalue weighted by Gasteiger charge is -2.41. The summed E-state index contributed by atoms with van der Waals surface area (Å²) in [6, 6.07) is 12.0. The molecule has 2 rings (SSSR count). The predicted molar refractivity (Wildman–Crippen MR) is 86.0 cm³/mol. The van der Waals surface area contributed by atoms with Crippen LogP contribution in [0.15, 0.2) is 30.3 Å². The average molecular weight is 275 g/mol. The molecule has 0 aliphatic carbocycles. The minimum atomic E-state index is 0.459. The first-order valence-electron chi connectivity index (χ1n) is 7.79. The van der Waals surface area contributed by atoms with Crippen molar-refractivity contribution in [3.63, 3.8) is 0 Å². The van der Waals surface area contributed by atoms with Crippen LogP contribution in [0.1, 0.15) is 31.2 Å². The summed E-state index contributed by atoms with van der Waals surface area (Å²) in [5.41, 5.74) is 7.48. The molecule has 2 atom stereocenters. The molecule has 1 aromatic carbocycles. The molecule has 1 saturated heterocycles. The number of nitrogens with two attached hydrogens (primary N) is 1. The Morgan fingerprint density at radius 2 is 1.80 bits per heavy atom. The number of nitrogens with zero attached hydrogens (tertiary/aromatic N) is 2. The minimum Gasteiger partial charge on any atom is -0.329 e. The molecule has 0 saturated carbocycles. The molecule has 112 valence electrons. The predicted octanol–water partition coefficient (Wildman–Crippen LogP) is 2.14. The second-order valence-corrected chi connectivity index (χ2v) is 6.23. The molecule has 1 heterocycles. The summed E-state index contributed by atoms with van der Waals surface area (Å²) >= 11 is 0. The van der Waals surface area contributed by atoms with Crippen LogP contribution in [0.2, 0.25) is 0 Å². The number of benzene rings is 1. The second kappa shape index (κ2) is 7.21. The summed E-state index contributed by atoms with van der Waals surface area (Å²) in [7, 11) is 4.38. The van der Waals surface area contributed by atoms with Crippen LogP contribution in [0.3, 0.4) is 0 Å². The zero-order chi connectivity index (χ0) is 14.5. The van der Waals surface area contributed by atoms with Gasteiger partial charge in [0.25, 0.3) is 0 Å². The first kappa shape index (κ1) is 15.5. The lowest BCUT2D eigenvalue weighted by atomic mass is 9.90. The summed E-state index contributed by atoms with van der Waals surface area (Å²) in [5, 5.41) is 0. The standard InChI is InChI=1S/C17H29N3/c1-14(15-7-5-4-6-8-15)17(13-18)20-11-9-16(10-12-20)19(2)3/h4-8,14,16-17H,9-13,18H2,1-3H3. The topological polar surface area (TPSA) is 32.5 Å². The van der Waals surface area contributed by atoms with Gasteiger partial charge in [0.2, 0.25) is 0 Å². The first-order chi connectivity index (χ1) is 9.63. The largest absolute Gasteiger partial charge is 0.329 e. The molecule has 0 bridgehead atoms. The van der Waals surface area contributed by atoms with Crippen molar-refractivity contribution in [3.8, 4) is 0 Å². The molecule has 0 radical (unpaired) electrons. The van der Waals surface area contributed by atoms with Crippen LogP contribution in [0, 0.1) is 0 Å². The minimum absolute atomic E-state index is 0.459. The van der Waals surface area contributed by atoms with Crippen molar-refractivity contribution in [2.24, 2.45) is 5.73 Å². The lowest BCUT2D eigenvalue weighted by Crippen LogP contribution is -2.50. The fraction of sp³-hybridized carbons (Fsp3) is 0.647. The highest BCUT2D eigenvalue weighted by Crippen LogP contribution is 2.25. The van der Waals surface area contributed by atoms with E-state index < -0.39 is 0 Å². The fourth-order valence-corrected chi connectivity index (χ4v) is 3.38. The number of likely N-dealkylation sites (tertiary alicyclic amines) is 1. The molecule has 1 aliphatic rings. The van der Waals surface area contributed by atoms with Gasteiger partial charge in [-0.1, -0.05) is 37.3 Å². The Hall–Kier alpha value is -0.900. The maximum Gasteiger partial charge on any atom is 0.0284 e. The SMILES string of the molecule is CC(c1ccccc1)C(CN)N1CCC(N(C)C)CC1. The zero-order valence-corrected chi connectivity index (χ0v) is 13.1. The molecule has 1 aliphatic heterocycles. The van der Waals surface area contributed by atoms with E-state index in [1.807, 2.05) is 0 Å². The van der Waals surface area contributed by atoms with Gasteiger partial charge in [-0.15, -0.1) is 0 Å². The van der Waals surface area contributed by atoms with E-state index >= 15 is 0 Å². The van der Waals surface area contributed by atoms with Crippen LogP contribution in [0.5, 0.6) is 0 Å². The molecule has 0 aromatic heterocycles. The normalized spacial score (nSPS) is 21.1. The van der Waals surface area contributed by atoms with Gasteiger partial charge in [-0.25, -0.2) is 0 Å². The van der Waals surface area contributed by atoms with Gasteiger partial charge in [-0.05, 0) is 51.5 Å². The molecule has 0 spiro atoms. The molecule has 3 heteroatoms. The van der Waals surface area contributed by atoms with E-state index in [1.165, 1.54) is 31.5 Å². The van der Waals surface area contributed by atoms with E-state index in [-0.39, 0.29) is 0 Å². The van der Waals surface area contributed by atoms with Crippen LogP contribution in [0.4, 0.5) is 0 Å². The maximum atomic E-state index is 6.08. The van der Waals surface area contributed by atoms with Crippen LogP contribution in [-0.4, -0.2) is 55.6 Å². The maximum absolute atomic E-state index is 6.08. The quantitative estimate of drug-likeness (QED) is 0.893. The summed E-state index contributed by atoms with van der Waals surface area (Å²) in [6.07, 6.45) is 2.51. The zero-order valence-electron chi connectivity index (χ0n) is 13.1. The molecule has 2 unspecified atom stereocenters. The third-order valence-corrected chi connectivity index (χ3v) is 4.84. The van der Waals surface area contributed by atoms with Gasteiger partial charge < -0.3 is 10.6 Å². The van der Waals surface area contributed by atoms with E-state index in [0.717, 1.165) is 12.6 Å². The van der Waals surface area contributed by atoms with Gasteiger partial charge in [-0.3, -0.25) is 4.90 Å². The summed E-state index contributed by atoms with van der Waals surface area (Å²) < 4.78 is 0. The monoisotopic (exact) mass is 275 g/mol. The fourth-order valence-electron chi connectivity index (χ4n) is 3.38. The summed E-state index contributed by atoms with van der Waals surface area (Å²) in [4.78, 5) is 4.95. The Morgan fingerprint density at radius 3 is 2.30 bits per heavy atom. The van der Waals surface area contributed by atoms with Crippen LogP contribution in [-0.2, 0) is 0 Å². The van der Waals surface area contributed by atoms with Crippen molar-refractivity contribution in [1.29, 1.82) is 0 Å². The van der Waals surface area contributed by atoms with Gasteiger partial charge in [0.1, 0.15) is 0 Å². The Balaban J connectivity index is 1.99. The molecule has 3 nitrogen and oxygen atoms in total. The Kier molecular flexibility index (Phi) is 5.58. The van der Waals surface area contributed by atoms with Crippen molar-refractivity contribution < 1.29 is 0 Å². The average Bonchev–Trinajstić information content (AvgIpc) is 2.49. The number of hydrogen-bond donors (Lipinski definition) is 1. The second-order valence-electron chi connectivity index (χ2n) is 6.23. The van der Waals surface area contributed by atoms with Crippen LogP contribution >= 0.6 is 0 Å². The Bertz CT molecular complexity index is 382. The number of hydrogen-bond acceptors (Lipinski definition) is 3. The van der Waals surface area contributed by atoms with Crippen molar-refractivity contribution in [3.05, 3.63) is 35.9 Å². The van der Waals surface area contributed by atoms with Crippen molar-refractivity contribution in [1.82, 2.24) is 9.80 Å². The van der Waals surface area contributed by atoms with Gasteiger partial charge in [0, 0.05) is 18.6 Å². The Morgan fingerprint density at radius 1 is 1.20 bits per heavy atom. The molecular weight excluding hydrogens is 246 g/mol. The van der Waals surface area contributed by atoms with Crippen LogP contribution in [0.25, 0.3) is 0 Å². The molecular formula is C17H29N3. The van der Waals surface area contributed by atoms with E-state index in [2.05, 4.69) is 61.2 Å². The van der Waals surface area contributed by atoms with Gasteiger partial charge in [0.05, 0.1) is 0 Å². The van der Waals surface area contributed by atoms with Crippen LogP contribution < -0.4 is 5.73 Å². The highest BCUT2D eigenvalue weighted by Gasteiger charge is 2.28. The van der Waals surface area contributed by atoms with E-state index in [0.29, 0.717) is 12.0 Å². The molecule has 0 amide bonds. The van der Waals surface area contributed by atoms with Gasteiger partial charge in [0.15, 0.2) is 0 Å². The van der Waals surface area contributed by atoms with E-state index in [9.17, 15) is 0 Å². The number of piperidine rings is 1. The van der Waals surface area contributed by atoms with Crippen molar-refractivity contribution >= 4 is 0 Å². The molecule has 2 N–H and O–H groups in total. The smallest absolute Gasteiger partial charge is 0.0284 e. The molecule has 20 heavy (non-hydrogen) atoms. The Labute approximate surface area is 123 Å². The highest BCUT2D eigenvalue weighted by atomic mass is 15.2.